The average molecular weight is 502 g/mol. The number of fused-ring (bicyclic) bond motifs is 1. The van der Waals surface area contributed by atoms with Crippen LogP contribution >= 0.6 is 7.49 Å². The molecule has 2 heterocycles. The van der Waals surface area contributed by atoms with E-state index in [0.717, 1.165) is 27.1 Å². The minimum Gasteiger partial charge on any atom is -0.269 e. The SMILES string of the molecule is CO[P+]1(c2ccccc2)C(c2ccccc2)=C[C](N2C(=O)c3ccccc3C2=O)C=C1c1ccccc1. The fraction of sp³-hybridized carbons (Fsp3) is 0.0312. The van der Waals surface area contributed by atoms with Crippen molar-refractivity contribution < 1.29 is 14.1 Å². The second-order valence-corrected chi connectivity index (χ2v) is 11.9. The predicted octanol–water partition coefficient (Wildman–Crippen LogP) is 6.81. The van der Waals surface area contributed by atoms with Gasteiger partial charge in [-0.2, -0.15) is 0 Å². The highest BCUT2D eigenvalue weighted by Crippen LogP contribution is 2.79. The molecule has 2 aliphatic heterocycles. The number of imide groups is 1. The van der Waals surface area contributed by atoms with Crippen molar-refractivity contribution >= 4 is 35.2 Å². The van der Waals surface area contributed by atoms with E-state index in [0.29, 0.717) is 17.2 Å². The third-order valence-electron chi connectivity index (χ3n) is 6.83. The first-order valence-corrected chi connectivity index (χ1v) is 13.8. The highest BCUT2D eigenvalue weighted by Gasteiger charge is 2.56. The minimum absolute atomic E-state index is 0.314. The van der Waals surface area contributed by atoms with Gasteiger partial charge >= 0.3 is 0 Å². The molecule has 0 unspecified atom stereocenters. The number of hydrogen-bond donors (Lipinski definition) is 0. The van der Waals surface area contributed by atoms with E-state index in [2.05, 4.69) is 36.4 Å². The summed E-state index contributed by atoms with van der Waals surface area (Å²) in [7, 11) is -0.875. The summed E-state index contributed by atoms with van der Waals surface area (Å²) in [5.74, 6) is -0.628. The number of carbonyl (C=O) groups is 2. The summed E-state index contributed by atoms with van der Waals surface area (Å²) < 4.78 is 6.60. The molecule has 179 valence electrons. The standard InChI is InChI=1S/C32H24NO3P/c1-36-37(26-17-9-4-10-18-26)29(23-13-5-2-6-14-23)21-25(22-30(37)24-15-7-3-8-16-24)33-31(34)27-19-11-12-20-28(27)32(33)35/h2-22H,1H3/q+1. The van der Waals surface area contributed by atoms with Crippen LogP contribution in [0.5, 0.6) is 0 Å². The van der Waals surface area contributed by atoms with Crippen LogP contribution in [0.2, 0.25) is 0 Å². The molecule has 4 aromatic rings. The Balaban J connectivity index is 1.63. The Morgan fingerprint density at radius 3 is 1.41 bits per heavy atom. The van der Waals surface area contributed by atoms with E-state index in [9.17, 15) is 9.59 Å². The van der Waals surface area contributed by atoms with Gasteiger partial charge in [0.2, 0.25) is 7.49 Å². The van der Waals surface area contributed by atoms with Gasteiger partial charge in [0.15, 0.2) is 0 Å². The molecular weight excluding hydrogens is 477 g/mol. The molecule has 0 aromatic heterocycles. The third-order valence-corrected chi connectivity index (χ3v) is 10.5. The Kier molecular flexibility index (Phi) is 5.92. The van der Waals surface area contributed by atoms with Crippen molar-refractivity contribution in [2.45, 2.75) is 0 Å². The molecule has 0 fully saturated rings. The largest absolute Gasteiger partial charge is 0.269 e. The van der Waals surface area contributed by atoms with Crippen LogP contribution in [0, 0.1) is 6.04 Å². The molecule has 4 nitrogen and oxygen atoms in total. The van der Waals surface area contributed by atoms with Gasteiger partial charge in [-0.15, -0.1) is 0 Å². The molecule has 0 saturated carbocycles. The van der Waals surface area contributed by atoms with E-state index in [-0.39, 0.29) is 11.8 Å². The monoisotopic (exact) mass is 501 g/mol. The van der Waals surface area contributed by atoms with Crippen LogP contribution in [0.1, 0.15) is 31.8 Å². The molecule has 5 heteroatoms. The molecule has 0 N–H and O–H groups in total. The van der Waals surface area contributed by atoms with Gasteiger partial charge in [0.25, 0.3) is 11.8 Å². The normalized spacial score (nSPS) is 16.8. The zero-order valence-corrected chi connectivity index (χ0v) is 21.1. The molecule has 2 amide bonds. The summed E-state index contributed by atoms with van der Waals surface area (Å²) in [5.41, 5.74) is 2.81. The second-order valence-electron chi connectivity index (χ2n) is 8.83. The van der Waals surface area contributed by atoms with Crippen molar-refractivity contribution in [1.29, 1.82) is 0 Å². The molecule has 0 bridgehead atoms. The molecule has 4 aromatic carbocycles. The van der Waals surface area contributed by atoms with Gasteiger partial charge in [-0.3, -0.25) is 14.5 Å². The lowest BCUT2D eigenvalue weighted by molar-refractivity contribution is 0.0686. The quantitative estimate of drug-likeness (QED) is 0.223. The molecule has 0 aliphatic carbocycles. The minimum atomic E-state index is -2.63. The van der Waals surface area contributed by atoms with Crippen LogP contribution in [0.4, 0.5) is 0 Å². The van der Waals surface area contributed by atoms with E-state index < -0.39 is 7.49 Å². The van der Waals surface area contributed by atoms with Gasteiger partial charge in [0, 0.05) is 11.1 Å². The third kappa shape index (κ3) is 3.69. The molecule has 0 atom stereocenters. The number of hydrogen-bond acceptors (Lipinski definition) is 3. The van der Waals surface area contributed by atoms with Gasteiger partial charge < -0.3 is 0 Å². The van der Waals surface area contributed by atoms with Gasteiger partial charge in [0.1, 0.15) is 22.0 Å². The number of carbonyl (C=O) groups excluding carboxylic acids is 2. The first-order chi connectivity index (χ1) is 18.1. The summed E-state index contributed by atoms with van der Waals surface area (Å²) in [4.78, 5) is 28.3. The number of nitrogens with zero attached hydrogens (tertiary/aromatic N) is 1. The van der Waals surface area contributed by atoms with Crippen molar-refractivity contribution in [3.05, 3.63) is 156 Å². The van der Waals surface area contributed by atoms with Gasteiger partial charge in [-0.05, 0) is 36.4 Å². The van der Waals surface area contributed by atoms with E-state index in [1.165, 1.54) is 4.90 Å². The second kappa shape index (κ2) is 9.40. The van der Waals surface area contributed by atoms with Crippen LogP contribution in [-0.2, 0) is 4.52 Å². The van der Waals surface area contributed by atoms with Crippen LogP contribution in [-0.4, -0.2) is 23.8 Å². The Morgan fingerprint density at radius 2 is 0.973 bits per heavy atom. The number of amides is 2. The molecule has 1 radical (unpaired) electrons. The smallest absolute Gasteiger partial charge is 0.262 e. The Morgan fingerprint density at radius 1 is 0.568 bits per heavy atom. The topological polar surface area (TPSA) is 46.6 Å². The zero-order valence-electron chi connectivity index (χ0n) is 20.2. The highest BCUT2D eigenvalue weighted by molar-refractivity contribution is 7.96. The average Bonchev–Trinajstić information content (AvgIpc) is 3.23. The lowest BCUT2D eigenvalue weighted by atomic mass is 10.1. The first kappa shape index (κ1) is 23.3. The fourth-order valence-corrected chi connectivity index (χ4v) is 8.82. The highest BCUT2D eigenvalue weighted by atomic mass is 31.2. The van der Waals surface area contributed by atoms with E-state index >= 15 is 0 Å². The molecule has 0 spiro atoms. The van der Waals surface area contributed by atoms with E-state index in [4.69, 9.17) is 4.52 Å². The number of benzene rings is 4. The predicted molar refractivity (Wildman–Crippen MR) is 149 cm³/mol. The molecule has 37 heavy (non-hydrogen) atoms. The molecule has 6 rings (SSSR count). The van der Waals surface area contributed by atoms with Crippen LogP contribution in [0.3, 0.4) is 0 Å². The van der Waals surface area contributed by atoms with Gasteiger partial charge in [-0.25, -0.2) is 4.52 Å². The summed E-state index contributed by atoms with van der Waals surface area (Å²) in [6.07, 6.45) is 3.93. The molecule has 0 saturated heterocycles. The van der Waals surface area contributed by atoms with Crippen LogP contribution in [0.15, 0.2) is 127 Å². The zero-order chi connectivity index (χ0) is 25.4. The molecule has 2 aliphatic rings. The van der Waals surface area contributed by atoms with Crippen molar-refractivity contribution in [3.63, 3.8) is 0 Å². The van der Waals surface area contributed by atoms with Crippen molar-refractivity contribution in [2.75, 3.05) is 7.11 Å². The first-order valence-electron chi connectivity index (χ1n) is 12.1. The summed E-state index contributed by atoms with van der Waals surface area (Å²) in [6.45, 7) is 0. The van der Waals surface area contributed by atoms with Gasteiger partial charge in [-0.1, -0.05) is 91.0 Å². The fourth-order valence-electron chi connectivity index (χ4n) is 5.15. The van der Waals surface area contributed by atoms with E-state index in [1.54, 1.807) is 31.4 Å². The lowest BCUT2D eigenvalue weighted by Gasteiger charge is -2.34. The Hall–Kier alpha value is -4.11. The summed E-state index contributed by atoms with van der Waals surface area (Å²) >= 11 is 0. The molecular formula is C32H24NO3P+. The van der Waals surface area contributed by atoms with Crippen molar-refractivity contribution in [3.8, 4) is 0 Å². The lowest BCUT2D eigenvalue weighted by Crippen LogP contribution is -2.34. The Bertz CT molecular complexity index is 1450. The number of rotatable bonds is 5. The van der Waals surface area contributed by atoms with Crippen molar-refractivity contribution in [1.82, 2.24) is 4.90 Å². The summed E-state index contributed by atoms with van der Waals surface area (Å²) in [6, 6.07) is 37.9. The Labute approximate surface area is 216 Å². The maximum Gasteiger partial charge on any atom is 0.262 e. The van der Waals surface area contributed by atoms with Crippen LogP contribution in [0.25, 0.3) is 10.6 Å². The van der Waals surface area contributed by atoms with E-state index in [1.807, 2.05) is 66.7 Å². The maximum absolute atomic E-state index is 13.5. The van der Waals surface area contributed by atoms with Gasteiger partial charge in [0.05, 0.1) is 18.2 Å². The maximum atomic E-state index is 13.5. The van der Waals surface area contributed by atoms with Crippen molar-refractivity contribution in [2.24, 2.45) is 0 Å². The van der Waals surface area contributed by atoms with Crippen LogP contribution < -0.4 is 5.30 Å². The summed E-state index contributed by atoms with van der Waals surface area (Å²) in [5, 5.41) is 2.97.